The Morgan fingerprint density at radius 1 is 1.32 bits per heavy atom. The number of rotatable bonds is 2. The average Bonchev–Trinajstić information content (AvgIpc) is 3.15. The Labute approximate surface area is 128 Å². The number of aromatic nitrogens is 3. The van der Waals surface area contributed by atoms with E-state index in [9.17, 15) is 4.79 Å². The van der Waals surface area contributed by atoms with Gasteiger partial charge in [-0.2, -0.15) is 0 Å². The van der Waals surface area contributed by atoms with E-state index in [1.165, 1.54) is 0 Å². The molecule has 0 bridgehead atoms. The predicted molar refractivity (Wildman–Crippen MR) is 79.9 cm³/mol. The van der Waals surface area contributed by atoms with Crippen LogP contribution in [-0.4, -0.2) is 33.3 Å². The van der Waals surface area contributed by atoms with E-state index in [0.29, 0.717) is 12.2 Å². The van der Waals surface area contributed by atoms with Crippen LogP contribution in [0.4, 0.5) is 0 Å². The van der Waals surface area contributed by atoms with Crippen LogP contribution >= 0.6 is 0 Å². The van der Waals surface area contributed by atoms with Gasteiger partial charge in [-0.15, -0.1) is 10.2 Å². The van der Waals surface area contributed by atoms with Gasteiger partial charge in [0.1, 0.15) is 17.9 Å². The number of para-hydroxylation sites is 1. The molecule has 2 aliphatic heterocycles. The average molecular weight is 298 g/mol. The highest BCUT2D eigenvalue weighted by atomic mass is 16.5. The van der Waals surface area contributed by atoms with Gasteiger partial charge < -0.3 is 14.6 Å². The number of benzene rings is 1. The third-order valence-electron chi connectivity index (χ3n) is 4.42. The molecule has 3 heterocycles. The summed E-state index contributed by atoms with van der Waals surface area (Å²) in [6.45, 7) is 1.51. The van der Waals surface area contributed by atoms with E-state index in [-0.39, 0.29) is 11.9 Å². The Bertz CT molecular complexity index is 687. The maximum Gasteiger partial charge on any atom is 0.255 e. The number of nitrogens with one attached hydrogen (secondary N) is 1. The number of aryl methyl sites for hydroxylation is 2. The molecule has 1 atom stereocenters. The molecule has 0 radical (unpaired) electrons. The Kier molecular flexibility index (Phi) is 3.29. The predicted octanol–water partition coefficient (Wildman–Crippen LogP) is 1.35. The first-order valence-electron chi connectivity index (χ1n) is 7.73. The Morgan fingerprint density at radius 2 is 2.27 bits per heavy atom. The molecule has 2 aromatic rings. The first-order valence-corrected chi connectivity index (χ1v) is 7.73. The monoisotopic (exact) mass is 298 g/mol. The van der Waals surface area contributed by atoms with Crippen molar-refractivity contribution in [2.75, 3.05) is 6.61 Å². The van der Waals surface area contributed by atoms with Crippen LogP contribution in [0, 0.1) is 0 Å². The number of fused-ring (bicyclic) bond motifs is 2. The van der Waals surface area contributed by atoms with Crippen molar-refractivity contribution < 1.29 is 9.53 Å². The maximum absolute atomic E-state index is 12.6. The maximum atomic E-state index is 12.6. The largest absolute Gasteiger partial charge is 0.492 e. The van der Waals surface area contributed by atoms with E-state index in [1.807, 2.05) is 18.2 Å². The molecule has 0 saturated heterocycles. The third-order valence-corrected chi connectivity index (χ3v) is 4.42. The molecule has 6 nitrogen and oxygen atoms in total. The van der Waals surface area contributed by atoms with Gasteiger partial charge in [0.05, 0.1) is 12.2 Å². The zero-order valence-corrected chi connectivity index (χ0v) is 12.3. The van der Waals surface area contributed by atoms with Crippen LogP contribution in [0.25, 0.3) is 0 Å². The van der Waals surface area contributed by atoms with E-state index in [1.54, 1.807) is 6.33 Å². The molecule has 1 aromatic heterocycles. The van der Waals surface area contributed by atoms with Crippen LogP contribution in [0.2, 0.25) is 0 Å². The van der Waals surface area contributed by atoms with Crippen molar-refractivity contribution in [2.45, 2.75) is 38.3 Å². The summed E-state index contributed by atoms with van der Waals surface area (Å²) in [6, 6.07) is 5.95. The number of amides is 1. The van der Waals surface area contributed by atoms with Crippen LogP contribution in [0.1, 0.15) is 34.6 Å². The molecular formula is C16H18N4O2. The van der Waals surface area contributed by atoms with Gasteiger partial charge in [-0.25, -0.2) is 0 Å². The Balaban J connectivity index is 1.47. The number of ether oxygens (including phenoxy) is 1. The standard InChI is InChI=1S/C16H18N4O2/c21-16(13-3-1-2-11-7-9-22-15(11)13)18-12-4-5-14-19-17-10-20(14)8-6-12/h1-3,10,12H,4-9H2,(H,18,21). The van der Waals surface area contributed by atoms with Gasteiger partial charge in [-0.1, -0.05) is 12.1 Å². The van der Waals surface area contributed by atoms with Gasteiger partial charge in [0.15, 0.2) is 0 Å². The molecule has 22 heavy (non-hydrogen) atoms. The Morgan fingerprint density at radius 3 is 3.23 bits per heavy atom. The van der Waals surface area contributed by atoms with Crippen LogP contribution < -0.4 is 10.1 Å². The van der Waals surface area contributed by atoms with E-state index in [0.717, 1.165) is 49.4 Å². The highest BCUT2D eigenvalue weighted by molar-refractivity contribution is 5.97. The lowest BCUT2D eigenvalue weighted by Gasteiger charge is -2.17. The van der Waals surface area contributed by atoms with Gasteiger partial charge in [0.2, 0.25) is 0 Å². The first kappa shape index (κ1) is 13.3. The molecule has 0 fully saturated rings. The van der Waals surface area contributed by atoms with Crippen molar-refractivity contribution in [3.05, 3.63) is 41.5 Å². The minimum absolute atomic E-state index is 0.0404. The second-order valence-corrected chi connectivity index (χ2v) is 5.83. The summed E-state index contributed by atoms with van der Waals surface area (Å²) >= 11 is 0. The zero-order chi connectivity index (χ0) is 14.9. The molecule has 114 valence electrons. The lowest BCUT2D eigenvalue weighted by molar-refractivity contribution is 0.0929. The summed E-state index contributed by atoms with van der Waals surface area (Å²) in [5, 5.41) is 11.2. The summed E-state index contributed by atoms with van der Waals surface area (Å²) in [5.41, 5.74) is 1.78. The quantitative estimate of drug-likeness (QED) is 0.908. The minimum Gasteiger partial charge on any atom is -0.492 e. The fourth-order valence-corrected chi connectivity index (χ4v) is 3.20. The fraction of sp³-hybridized carbons (Fsp3) is 0.438. The number of nitrogens with zero attached hydrogens (tertiary/aromatic N) is 3. The normalized spacial score (nSPS) is 19.7. The van der Waals surface area contributed by atoms with Crippen LogP contribution in [0.5, 0.6) is 5.75 Å². The third kappa shape index (κ3) is 2.34. The summed E-state index contributed by atoms with van der Waals surface area (Å²) in [5.74, 6) is 1.72. The van der Waals surface area contributed by atoms with Crippen LogP contribution in [0.15, 0.2) is 24.5 Å². The van der Waals surface area contributed by atoms with E-state index in [2.05, 4.69) is 20.1 Å². The number of carbonyl (C=O) groups excluding carboxylic acids is 1. The molecule has 4 rings (SSSR count). The van der Waals surface area contributed by atoms with Crippen LogP contribution in [0.3, 0.4) is 0 Å². The molecule has 2 aliphatic rings. The molecule has 0 saturated carbocycles. The minimum atomic E-state index is -0.0404. The lowest BCUT2D eigenvalue weighted by atomic mass is 10.1. The van der Waals surface area contributed by atoms with E-state index < -0.39 is 0 Å². The second kappa shape index (κ2) is 5.44. The van der Waals surface area contributed by atoms with Crippen molar-refractivity contribution in [3.63, 3.8) is 0 Å². The summed E-state index contributed by atoms with van der Waals surface area (Å²) < 4.78 is 7.68. The zero-order valence-electron chi connectivity index (χ0n) is 12.3. The summed E-state index contributed by atoms with van der Waals surface area (Å²) in [4.78, 5) is 12.6. The fourth-order valence-electron chi connectivity index (χ4n) is 3.20. The Hall–Kier alpha value is -2.37. The van der Waals surface area contributed by atoms with Crippen LogP contribution in [-0.2, 0) is 19.4 Å². The second-order valence-electron chi connectivity index (χ2n) is 5.83. The molecule has 1 unspecified atom stereocenters. The number of hydrogen-bond donors (Lipinski definition) is 1. The summed E-state index contributed by atoms with van der Waals surface area (Å²) in [6.07, 6.45) is 5.27. The SMILES string of the molecule is O=C(NC1CCc2nncn2CC1)c1cccc2c1OCC2. The molecular weight excluding hydrogens is 280 g/mol. The van der Waals surface area contributed by atoms with Gasteiger partial charge >= 0.3 is 0 Å². The molecule has 0 aliphatic carbocycles. The van der Waals surface area contributed by atoms with Crippen molar-refractivity contribution in [1.82, 2.24) is 20.1 Å². The van der Waals surface area contributed by atoms with Crippen molar-refractivity contribution >= 4 is 5.91 Å². The molecule has 1 amide bonds. The molecule has 0 spiro atoms. The molecule has 1 N–H and O–H groups in total. The number of hydrogen-bond acceptors (Lipinski definition) is 4. The highest BCUT2D eigenvalue weighted by Crippen LogP contribution is 2.29. The molecule has 6 heteroatoms. The van der Waals surface area contributed by atoms with Gasteiger partial charge in [0, 0.05) is 25.4 Å². The van der Waals surface area contributed by atoms with Gasteiger partial charge in [0.25, 0.3) is 5.91 Å². The van der Waals surface area contributed by atoms with Crippen molar-refractivity contribution in [1.29, 1.82) is 0 Å². The number of carbonyl (C=O) groups is 1. The first-order chi connectivity index (χ1) is 10.8. The molecule has 1 aromatic carbocycles. The van der Waals surface area contributed by atoms with E-state index >= 15 is 0 Å². The van der Waals surface area contributed by atoms with Crippen molar-refractivity contribution in [3.8, 4) is 5.75 Å². The topological polar surface area (TPSA) is 69.0 Å². The highest BCUT2D eigenvalue weighted by Gasteiger charge is 2.23. The van der Waals surface area contributed by atoms with Gasteiger partial charge in [-0.05, 0) is 24.5 Å². The summed E-state index contributed by atoms with van der Waals surface area (Å²) in [7, 11) is 0. The van der Waals surface area contributed by atoms with Crippen molar-refractivity contribution in [2.24, 2.45) is 0 Å². The smallest absolute Gasteiger partial charge is 0.255 e. The van der Waals surface area contributed by atoms with E-state index in [4.69, 9.17) is 4.74 Å². The van der Waals surface area contributed by atoms with Gasteiger partial charge in [-0.3, -0.25) is 4.79 Å². The lowest BCUT2D eigenvalue weighted by Crippen LogP contribution is -2.35.